The topological polar surface area (TPSA) is 26.3 Å². The number of hydrogen-bond acceptors (Lipinski definition) is 2. The molecule has 2 saturated carbocycles. The summed E-state index contributed by atoms with van der Waals surface area (Å²) in [6, 6.07) is 0. The van der Waals surface area contributed by atoms with E-state index in [0.717, 1.165) is 32.1 Å². The first-order chi connectivity index (χ1) is 12.6. The maximum atomic E-state index is 12.4. The van der Waals surface area contributed by atoms with Gasteiger partial charge in [0.2, 0.25) is 0 Å². The van der Waals surface area contributed by atoms with E-state index in [2.05, 4.69) is 71.6 Å². The van der Waals surface area contributed by atoms with Crippen LogP contribution in [0.5, 0.6) is 0 Å². The average molecular weight is 391 g/mol. The van der Waals surface area contributed by atoms with Crippen molar-refractivity contribution in [3.05, 3.63) is 24.3 Å². The molecule has 3 heteroatoms. The zero-order valence-electron chi connectivity index (χ0n) is 18.8. The quantitative estimate of drug-likeness (QED) is 0.332. The van der Waals surface area contributed by atoms with Crippen molar-refractivity contribution < 1.29 is 9.22 Å². The molecule has 0 unspecified atom stereocenters. The Bertz CT molecular complexity index is 567. The smallest absolute Gasteiger partial charge is 0.184 e. The summed E-state index contributed by atoms with van der Waals surface area (Å²) in [5.41, 5.74) is 0.0959. The lowest BCUT2D eigenvalue weighted by molar-refractivity contribution is -0.129. The predicted molar refractivity (Wildman–Crippen MR) is 118 cm³/mol. The summed E-state index contributed by atoms with van der Waals surface area (Å²) in [6.07, 6.45) is 16.5. The predicted octanol–water partition coefficient (Wildman–Crippen LogP) is 6.93. The summed E-state index contributed by atoms with van der Waals surface area (Å²) in [5, 5.41) is 0. The van der Waals surface area contributed by atoms with E-state index in [1.165, 1.54) is 12.8 Å². The first kappa shape index (κ1) is 22.6. The van der Waals surface area contributed by atoms with Crippen LogP contribution in [-0.2, 0) is 9.22 Å². The van der Waals surface area contributed by atoms with Crippen LogP contribution in [0.3, 0.4) is 0 Å². The normalized spacial score (nSPS) is 31.0. The third kappa shape index (κ3) is 5.23. The first-order valence-electron chi connectivity index (χ1n) is 11.2. The Morgan fingerprint density at radius 1 is 1.22 bits per heavy atom. The molecule has 154 valence electrons. The number of ketones is 1. The van der Waals surface area contributed by atoms with E-state index < -0.39 is 8.32 Å². The summed E-state index contributed by atoms with van der Waals surface area (Å²) >= 11 is 0. The van der Waals surface area contributed by atoms with Crippen LogP contribution in [0.25, 0.3) is 0 Å². The molecule has 2 aliphatic rings. The molecule has 0 aliphatic heterocycles. The fourth-order valence-electron chi connectivity index (χ4n) is 5.71. The third-order valence-corrected chi connectivity index (χ3v) is 8.22. The summed E-state index contributed by atoms with van der Waals surface area (Å²) in [4.78, 5) is 12.4. The number of hydrogen-bond donors (Lipinski definition) is 0. The lowest BCUT2D eigenvalue weighted by Gasteiger charge is -2.41. The highest BCUT2D eigenvalue weighted by Crippen LogP contribution is 2.56. The van der Waals surface area contributed by atoms with Crippen LogP contribution in [0.1, 0.15) is 72.6 Å². The fourth-order valence-corrected chi connectivity index (χ4v) is 7.29. The summed E-state index contributed by atoms with van der Waals surface area (Å²) < 4.78 is 6.51. The Kier molecular flexibility index (Phi) is 7.35. The van der Waals surface area contributed by atoms with E-state index in [1.807, 2.05) is 0 Å². The molecule has 0 aromatic heterocycles. The molecule has 4 atom stereocenters. The highest BCUT2D eigenvalue weighted by molar-refractivity contribution is 6.69. The molecular weight excluding hydrogens is 348 g/mol. The van der Waals surface area contributed by atoms with E-state index >= 15 is 0 Å². The van der Waals surface area contributed by atoms with Gasteiger partial charge in [-0.3, -0.25) is 4.79 Å². The van der Waals surface area contributed by atoms with Crippen LogP contribution < -0.4 is 0 Å². The zero-order chi connectivity index (χ0) is 20.3. The molecule has 0 heterocycles. The van der Waals surface area contributed by atoms with E-state index in [9.17, 15) is 4.79 Å². The van der Waals surface area contributed by atoms with Gasteiger partial charge in [0.15, 0.2) is 8.32 Å². The van der Waals surface area contributed by atoms with E-state index in [4.69, 9.17) is 4.43 Å². The highest BCUT2D eigenvalue weighted by Gasteiger charge is 2.51. The van der Waals surface area contributed by atoms with Crippen LogP contribution in [0.4, 0.5) is 0 Å². The number of allylic oxidation sites excluding steroid dienone is 3. The molecule has 0 aromatic carbocycles. The minimum absolute atomic E-state index is 0.127. The van der Waals surface area contributed by atoms with Crippen LogP contribution >= 0.6 is 0 Å². The lowest BCUT2D eigenvalue weighted by Crippen LogP contribution is -2.40. The van der Waals surface area contributed by atoms with E-state index in [0.29, 0.717) is 23.5 Å². The fraction of sp³-hybridized carbons (Fsp3) is 0.792. The van der Waals surface area contributed by atoms with Gasteiger partial charge >= 0.3 is 0 Å². The molecular formula is C24H42O2Si. The minimum Gasteiger partial charge on any atom is -0.409 e. The highest BCUT2D eigenvalue weighted by atomic mass is 28.4. The molecule has 2 fully saturated rings. The summed E-state index contributed by atoms with van der Waals surface area (Å²) in [7, 11) is -1.58. The molecule has 0 saturated heterocycles. The average Bonchev–Trinajstić information content (AvgIpc) is 2.95. The van der Waals surface area contributed by atoms with Crippen LogP contribution in [0, 0.1) is 23.2 Å². The van der Waals surface area contributed by atoms with Crippen molar-refractivity contribution in [2.45, 2.75) is 97.9 Å². The second kappa shape index (κ2) is 8.78. The molecule has 0 bridgehead atoms. The number of rotatable bonds is 8. The number of fused-ring (bicyclic) bond motifs is 1. The van der Waals surface area contributed by atoms with Crippen molar-refractivity contribution in [3.63, 3.8) is 0 Å². The maximum Gasteiger partial charge on any atom is 0.184 e. The Hall–Kier alpha value is -0.673. The van der Waals surface area contributed by atoms with Crippen LogP contribution in [0.15, 0.2) is 24.3 Å². The van der Waals surface area contributed by atoms with Crippen molar-refractivity contribution in [2.24, 2.45) is 23.2 Å². The maximum absolute atomic E-state index is 12.4. The van der Waals surface area contributed by atoms with Gasteiger partial charge in [-0.05, 0) is 75.4 Å². The van der Waals surface area contributed by atoms with Gasteiger partial charge in [-0.2, -0.15) is 0 Å². The number of carbonyl (C=O) groups excluding carboxylic acids is 1. The second-order valence-corrected chi connectivity index (χ2v) is 14.6. The summed E-state index contributed by atoms with van der Waals surface area (Å²) in [6.45, 7) is 16.0. The van der Waals surface area contributed by atoms with Crippen molar-refractivity contribution in [1.82, 2.24) is 0 Å². The molecule has 0 radical (unpaired) electrons. The SMILES string of the molecule is CCC(C=CC=C[C@@H](C)[C@H]1CC[C@H]2C(=O)CCC[C@]12C)(CC)O[Si](C)(C)C. The van der Waals surface area contributed by atoms with E-state index in [-0.39, 0.29) is 11.0 Å². The molecule has 2 aliphatic carbocycles. The Labute approximate surface area is 169 Å². The molecule has 0 amide bonds. The van der Waals surface area contributed by atoms with Crippen molar-refractivity contribution >= 4 is 14.1 Å². The summed E-state index contributed by atoms with van der Waals surface area (Å²) in [5.74, 6) is 2.00. The van der Waals surface area contributed by atoms with Gasteiger partial charge in [0.1, 0.15) is 5.78 Å². The van der Waals surface area contributed by atoms with Crippen molar-refractivity contribution in [1.29, 1.82) is 0 Å². The monoisotopic (exact) mass is 390 g/mol. The third-order valence-electron chi connectivity index (χ3n) is 7.20. The molecule has 2 rings (SSSR count). The molecule has 0 aromatic rings. The Balaban J connectivity index is 2.04. The lowest BCUT2D eigenvalue weighted by atomic mass is 9.62. The first-order valence-corrected chi connectivity index (χ1v) is 14.6. The van der Waals surface area contributed by atoms with Gasteiger partial charge in [0, 0.05) is 12.3 Å². The van der Waals surface area contributed by atoms with Crippen molar-refractivity contribution in [3.8, 4) is 0 Å². The van der Waals surface area contributed by atoms with Gasteiger partial charge in [-0.25, -0.2) is 0 Å². The minimum atomic E-state index is -1.58. The van der Waals surface area contributed by atoms with Gasteiger partial charge < -0.3 is 4.43 Å². The number of carbonyl (C=O) groups is 1. The number of Topliss-reactive ketones (excluding diaryl/α,β-unsaturated/α-hetero) is 1. The molecule has 0 spiro atoms. The Morgan fingerprint density at radius 3 is 2.48 bits per heavy atom. The van der Waals surface area contributed by atoms with Gasteiger partial charge in [0.05, 0.1) is 5.60 Å². The molecule has 2 nitrogen and oxygen atoms in total. The van der Waals surface area contributed by atoms with Crippen LogP contribution in [0.2, 0.25) is 19.6 Å². The van der Waals surface area contributed by atoms with Crippen molar-refractivity contribution in [2.75, 3.05) is 0 Å². The van der Waals surface area contributed by atoms with Gasteiger partial charge in [-0.1, -0.05) is 52.0 Å². The second-order valence-electron chi connectivity index (χ2n) is 10.2. The molecule has 27 heavy (non-hydrogen) atoms. The van der Waals surface area contributed by atoms with Gasteiger partial charge in [0.25, 0.3) is 0 Å². The standard InChI is InChI=1S/C24H42O2Si/c1-8-24(9-2,26-27(5,6)7)18-11-10-13-19(3)20-15-16-21-22(25)14-12-17-23(20,21)4/h10-11,13,18-21H,8-9,12,14-17H2,1-7H3/t19-,20-,21+,23-/m1/s1. The van der Waals surface area contributed by atoms with Crippen LogP contribution in [-0.4, -0.2) is 19.7 Å². The zero-order valence-corrected chi connectivity index (χ0v) is 19.8. The molecule has 0 N–H and O–H groups in total. The van der Waals surface area contributed by atoms with Gasteiger partial charge in [-0.15, -0.1) is 0 Å². The largest absolute Gasteiger partial charge is 0.409 e. The van der Waals surface area contributed by atoms with E-state index in [1.54, 1.807) is 0 Å². The Morgan fingerprint density at radius 2 is 1.89 bits per heavy atom.